The van der Waals surface area contributed by atoms with E-state index in [1.807, 2.05) is 0 Å². The van der Waals surface area contributed by atoms with Crippen LogP contribution in [-0.4, -0.2) is 24.2 Å². The Hall–Kier alpha value is -1.39. The molecule has 4 aliphatic rings. The summed E-state index contributed by atoms with van der Waals surface area (Å²) in [6.07, 6.45) is 5.87. The highest BCUT2D eigenvalue weighted by Crippen LogP contribution is 2.68. The molecule has 5 atom stereocenters. The summed E-state index contributed by atoms with van der Waals surface area (Å²) in [6.45, 7) is 5.80. The van der Waals surface area contributed by atoms with Crippen molar-refractivity contribution in [1.29, 1.82) is 0 Å². The van der Waals surface area contributed by atoms with Gasteiger partial charge in [0.05, 0.1) is 11.5 Å². The normalized spacial score (nSPS) is 41.0. The minimum Gasteiger partial charge on any atom is -0.435 e. The SMILES string of the molecule is CC(=O)O[C@@H]1O[C@H]2C[C@]34CCCC[C@@]3(O2)C1c1c(C)cc(C)cc1C4. The van der Waals surface area contributed by atoms with Crippen LogP contribution in [0, 0.1) is 19.3 Å². The molecule has 1 spiro atoms. The van der Waals surface area contributed by atoms with E-state index in [-0.39, 0.29) is 29.2 Å². The summed E-state index contributed by atoms with van der Waals surface area (Å²) in [6, 6.07) is 4.56. The second-order valence-corrected chi connectivity index (χ2v) is 8.55. The minimum absolute atomic E-state index is 0.0141. The predicted octanol–water partition coefficient (Wildman–Crippen LogP) is 3.91. The molecule has 2 heterocycles. The molecule has 1 unspecified atom stereocenters. The van der Waals surface area contributed by atoms with Crippen LogP contribution in [0.1, 0.15) is 67.2 Å². The number of carbonyl (C=O) groups excluding carboxylic acids is 1. The van der Waals surface area contributed by atoms with E-state index in [4.69, 9.17) is 14.2 Å². The van der Waals surface area contributed by atoms with Crippen LogP contribution >= 0.6 is 0 Å². The first-order valence-corrected chi connectivity index (χ1v) is 9.55. The molecule has 134 valence electrons. The summed E-state index contributed by atoms with van der Waals surface area (Å²) < 4.78 is 18.4. The van der Waals surface area contributed by atoms with E-state index in [1.165, 1.54) is 48.4 Å². The van der Waals surface area contributed by atoms with Gasteiger partial charge in [-0.25, -0.2) is 0 Å². The van der Waals surface area contributed by atoms with Gasteiger partial charge in [-0.15, -0.1) is 0 Å². The predicted molar refractivity (Wildman–Crippen MR) is 92.1 cm³/mol. The second-order valence-electron chi connectivity index (χ2n) is 8.55. The number of carbonyl (C=O) groups is 1. The van der Waals surface area contributed by atoms with E-state index in [2.05, 4.69) is 26.0 Å². The number of hydrogen-bond acceptors (Lipinski definition) is 4. The van der Waals surface area contributed by atoms with E-state index in [0.29, 0.717) is 0 Å². The Morgan fingerprint density at radius 3 is 2.84 bits per heavy atom. The maximum absolute atomic E-state index is 11.8. The lowest BCUT2D eigenvalue weighted by molar-refractivity contribution is -0.323. The average Bonchev–Trinajstić information content (AvgIpc) is 2.81. The highest BCUT2D eigenvalue weighted by atomic mass is 16.8. The third-order valence-electron chi connectivity index (χ3n) is 7.05. The third kappa shape index (κ3) is 1.98. The van der Waals surface area contributed by atoms with Crippen LogP contribution in [-0.2, 0) is 25.4 Å². The lowest BCUT2D eigenvalue weighted by Crippen LogP contribution is -2.60. The molecule has 0 radical (unpaired) electrons. The zero-order valence-corrected chi connectivity index (χ0v) is 15.3. The van der Waals surface area contributed by atoms with Crippen LogP contribution in [0.25, 0.3) is 0 Å². The van der Waals surface area contributed by atoms with Crippen molar-refractivity contribution < 1.29 is 19.0 Å². The summed E-state index contributed by atoms with van der Waals surface area (Å²) in [5, 5.41) is 0. The quantitative estimate of drug-likeness (QED) is 0.726. The first kappa shape index (κ1) is 15.8. The fourth-order valence-electron chi connectivity index (χ4n) is 6.43. The Bertz CT molecular complexity index is 757. The number of aryl methyl sites for hydroxylation is 2. The molecular formula is C21H26O4. The van der Waals surface area contributed by atoms with Gasteiger partial charge in [-0.2, -0.15) is 0 Å². The molecule has 4 heteroatoms. The molecule has 1 aromatic carbocycles. The third-order valence-corrected chi connectivity index (χ3v) is 7.05. The fourth-order valence-corrected chi connectivity index (χ4v) is 6.43. The number of hydrogen-bond donors (Lipinski definition) is 0. The Labute approximate surface area is 148 Å². The number of ether oxygens (including phenoxy) is 3. The van der Waals surface area contributed by atoms with Gasteiger partial charge in [0.1, 0.15) is 0 Å². The van der Waals surface area contributed by atoms with E-state index in [0.717, 1.165) is 19.3 Å². The standard InChI is InChI=1S/C21H26O4/c1-12-8-13(2)17-15(9-12)10-20-6-4-5-7-21(20)18(17)19(23-14(3)22)24-16(11-20)25-21/h8-9,16,18-19H,4-7,10-11H2,1-3H3/t16-,18?,19-,20-,21-/m1/s1. The number of rotatable bonds is 1. The average molecular weight is 342 g/mol. The summed E-state index contributed by atoms with van der Waals surface area (Å²) in [4.78, 5) is 11.8. The highest BCUT2D eigenvalue weighted by Gasteiger charge is 2.71. The van der Waals surface area contributed by atoms with Crippen LogP contribution < -0.4 is 0 Å². The van der Waals surface area contributed by atoms with Crippen molar-refractivity contribution in [2.45, 2.75) is 83.4 Å². The first-order chi connectivity index (χ1) is 11.9. The van der Waals surface area contributed by atoms with Crippen LogP contribution in [0.15, 0.2) is 12.1 Å². The molecular weight excluding hydrogens is 316 g/mol. The molecule has 3 fully saturated rings. The lowest BCUT2D eigenvalue weighted by atomic mass is 9.51. The monoisotopic (exact) mass is 342 g/mol. The lowest BCUT2D eigenvalue weighted by Gasteiger charge is -2.57. The topological polar surface area (TPSA) is 44.8 Å². The van der Waals surface area contributed by atoms with Crippen LogP contribution in [0.5, 0.6) is 0 Å². The molecule has 0 aromatic heterocycles. The zero-order valence-electron chi connectivity index (χ0n) is 15.3. The van der Waals surface area contributed by atoms with Gasteiger partial charge in [0.2, 0.25) is 6.29 Å². The smallest absolute Gasteiger partial charge is 0.304 e. The van der Waals surface area contributed by atoms with Crippen molar-refractivity contribution in [3.8, 4) is 0 Å². The van der Waals surface area contributed by atoms with Gasteiger partial charge >= 0.3 is 5.97 Å². The molecule has 2 bridgehead atoms. The van der Waals surface area contributed by atoms with E-state index >= 15 is 0 Å². The molecule has 5 rings (SSSR count). The molecule has 2 aliphatic heterocycles. The second kappa shape index (κ2) is 5.08. The van der Waals surface area contributed by atoms with Crippen LogP contribution in [0.4, 0.5) is 0 Å². The van der Waals surface area contributed by atoms with Crippen molar-refractivity contribution in [2.24, 2.45) is 5.41 Å². The fraction of sp³-hybridized carbons (Fsp3) is 0.667. The number of esters is 1. The summed E-state index contributed by atoms with van der Waals surface area (Å²) >= 11 is 0. The Morgan fingerprint density at radius 1 is 1.24 bits per heavy atom. The molecule has 1 aromatic rings. The van der Waals surface area contributed by atoms with Gasteiger partial charge in [-0.1, -0.05) is 30.5 Å². The van der Waals surface area contributed by atoms with E-state index in [9.17, 15) is 4.79 Å². The van der Waals surface area contributed by atoms with Gasteiger partial charge in [-0.05, 0) is 49.8 Å². The van der Waals surface area contributed by atoms with Crippen molar-refractivity contribution >= 4 is 5.97 Å². The Kier molecular flexibility index (Phi) is 3.21. The zero-order chi connectivity index (χ0) is 17.4. The molecule has 4 nitrogen and oxygen atoms in total. The van der Waals surface area contributed by atoms with E-state index in [1.54, 1.807) is 0 Å². The van der Waals surface area contributed by atoms with Gasteiger partial charge in [-0.3, -0.25) is 4.79 Å². The van der Waals surface area contributed by atoms with Crippen LogP contribution in [0.2, 0.25) is 0 Å². The van der Waals surface area contributed by atoms with E-state index < -0.39 is 6.29 Å². The molecule has 2 aliphatic carbocycles. The summed E-state index contributed by atoms with van der Waals surface area (Å²) in [5.74, 6) is -0.291. The van der Waals surface area contributed by atoms with Gasteiger partial charge in [0.15, 0.2) is 6.29 Å². The van der Waals surface area contributed by atoms with Gasteiger partial charge in [0.25, 0.3) is 0 Å². The van der Waals surface area contributed by atoms with Crippen molar-refractivity contribution in [2.75, 3.05) is 0 Å². The Balaban J connectivity index is 1.75. The number of fused-ring (bicyclic) bond motifs is 3. The molecule has 1 saturated carbocycles. The molecule has 25 heavy (non-hydrogen) atoms. The summed E-state index contributed by atoms with van der Waals surface area (Å²) in [7, 11) is 0. The minimum atomic E-state index is -0.531. The highest BCUT2D eigenvalue weighted by molar-refractivity contribution is 5.66. The summed E-state index contributed by atoms with van der Waals surface area (Å²) in [5.41, 5.74) is 5.17. The maximum Gasteiger partial charge on any atom is 0.304 e. The molecule has 2 saturated heterocycles. The maximum atomic E-state index is 11.8. The largest absolute Gasteiger partial charge is 0.435 e. The first-order valence-electron chi connectivity index (χ1n) is 9.55. The van der Waals surface area contributed by atoms with Gasteiger partial charge in [0, 0.05) is 18.8 Å². The van der Waals surface area contributed by atoms with Crippen molar-refractivity contribution in [3.05, 3.63) is 34.4 Å². The molecule has 0 N–H and O–H groups in total. The number of benzene rings is 1. The van der Waals surface area contributed by atoms with Crippen molar-refractivity contribution in [1.82, 2.24) is 0 Å². The van der Waals surface area contributed by atoms with Crippen molar-refractivity contribution in [3.63, 3.8) is 0 Å². The molecule has 0 amide bonds. The van der Waals surface area contributed by atoms with Crippen LogP contribution in [0.3, 0.4) is 0 Å². The van der Waals surface area contributed by atoms with Gasteiger partial charge < -0.3 is 14.2 Å². The Morgan fingerprint density at radius 2 is 2.04 bits per heavy atom.